The maximum atomic E-state index is 5.87. The Morgan fingerprint density at radius 2 is 2.07 bits per heavy atom. The Hall–Kier alpha value is -0.920. The van der Waals surface area contributed by atoms with Gasteiger partial charge in [0.05, 0.1) is 12.8 Å². The van der Waals surface area contributed by atoms with Crippen molar-refractivity contribution in [2.75, 3.05) is 7.11 Å². The van der Waals surface area contributed by atoms with E-state index in [1.165, 1.54) is 6.42 Å². The van der Waals surface area contributed by atoms with Crippen LogP contribution < -0.4 is 5.73 Å². The number of rotatable bonds is 3. The number of nitrogens with two attached hydrogens (primary N) is 1. The van der Waals surface area contributed by atoms with Gasteiger partial charge in [0, 0.05) is 11.8 Å². The molecule has 0 aromatic carbocycles. The van der Waals surface area contributed by atoms with Gasteiger partial charge in [-0.1, -0.05) is 26.0 Å². The Labute approximate surface area is 85.8 Å². The van der Waals surface area contributed by atoms with Gasteiger partial charge in [-0.05, 0) is 18.3 Å². The number of ether oxygens (including phenoxy) is 1. The maximum Gasteiger partial charge on any atom is 0.118 e. The van der Waals surface area contributed by atoms with Gasteiger partial charge in [0.25, 0.3) is 0 Å². The second-order valence-electron chi connectivity index (χ2n) is 4.56. The highest BCUT2D eigenvalue weighted by Gasteiger charge is 2.39. The zero-order valence-corrected chi connectivity index (χ0v) is 9.16. The smallest absolute Gasteiger partial charge is 0.118 e. The molecule has 0 saturated carbocycles. The molecule has 2 aliphatic rings. The third-order valence-electron chi connectivity index (χ3n) is 3.80. The Morgan fingerprint density at radius 3 is 2.50 bits per heavy atom. The van der Waals surface area contributed by atoms with E-state index in [9.17, 15) is 0 Å². The van der Waals surface area contributed by atoms with Crippen LogP contribution in [-0.2, 0) is 4.74 Å². The van der Waals surface area contributed by atoms with Crippen LogP contribution in [-0.4, -0.2) is 7.11 Å². The van der Waals surface area contributed by atoms with Gasteiger partial charge in [0.1, 0.15) is 5.76 Å². The third-order valence-corrected chi connectivity index (χ3v) is 3.80. The van der Waals surface area contributed by atoms with Crippen molar-refractivity contribution in [2.24, 2.45) is 29.4 Å². The van der Waals surface area contributed by atoms with E-state index < -0.39 is 0 Å². The molecule has 14 heavy (non-hydrogen) atoms. The van der Waals surface area contributed by atoms with Crippen molar-refractivity contribution in [1.82, 2.24) is 0 Å². The molecule has 0 fully saturated rings. The summed E-state index contributed by atoms with van der Waals surface area (Å²) in [6.45, 7) is 4.46. The van der Waals surface area contributed by atoms with Gasteiger partial charge in [0.15, 0.2) is 0 Å². The van der Waals surface area contributed by atoms with Crippen molar-refractivity contribution < 1.29 is 4.74 Å². The van der Waals surface area contributed by atoms with Gasteiger partial charge in [0.2, 0.25) is 0 Å². The summed E-state index contributed by atoms with van der Waals surface area (Å²) in [6.07, 6.45) is 5.77. The molecular formula is C12H19NO. The molecule has 0 heterocycles. The van der Waals surface area contributed by atoms with Crippen LogP contribution in [0.15, 0.2) is 23.6 Å². The largest absolute Gasteiger partial charge is 0.499 e. The van der Waals surface area contributed by atoms with Crippen molar-refractivity contribution in [3.8, 4) is 0 Å². The molecule has 0 saturated heterocycles. The van der Waals surface area contributed by atoms with Crippen molar-refractivity contribution in [3.05, 3.63) is 23.6 Å². The Balaban J connectivity index is 1.97. The van der Waals surface area contributed by atoms with Crippen molar-refractivity contribution >= 4 is 0 Å². The molecule has 0 aromatic heterocycles. The summed E-state index contributed by atoms with van der Waals surface area (Å²) in [5, 5.41) is 0. The fourth-order valence-corrected chi connectivity index (χ4v) is 2.44. The first kappa shape index (κ1) is 9.63. The van der Waals surface area contributed by atoms with Crippen LogP contribution in [0.3, 0.4) is 0 Å². The predicted octanol–water partition coefficient (Wildman–Crippen LogP) is 2.28. The summed E-state index contributed by atoms with van der Waals surface area (Å²) >= 11 is 0. The van der Waals surface area contributed by atoms with E-state index >= 15 is 0 Å². The molecule has 0 bridgehead atoms. The number of allylic oxidation sites excluding steroid dienone is 4. The van der Waals surface area contributed by atoms with E-state index in [0.29, 0.717) is 11.8 Å². The molecule has 0 aromatic rings. The molecule has 78 valence electrons. The van der Waals surface area contributed by atoms with Gasteiger partial charge in [-0.15, -0.1) is 0 Å². The topological polar surface area (TPSA) is 35.2 Å². The van der Waals surface area contributed by atoms with E-state index in [1.807, 2.05) is 0 Å². The number of methoxy groups -OCH3 is 1. The lowest BCUT2D eigenvalue weighted by molar-refractivity contribution is 0.145. The molecular weight excluding hydrogens is 174 g/mol. The first-order valence-electron chi connectivity index (χ1n) is 5.37. The Morgan fingerprint density at radius 1 is 1.36 bits per heavy atom. The van der Waals surface area contributed by atoms with Crippen LogP contribution in [0.2, 0.25) is 0 Å². The summed E-state index contributed by atoms with van der Waals surface area (Å²) in [4.78, 5) is 0. The van der Waals surface area contributed by atoms with E-state index in [-0.39, 0.29) is 0 Å². The van der Waals surface area contributed by atoms with Gasteiger partial charge >= 0.3 is 0 Å². The zero-order chi connectivity index (χ0) is 10.3. The minimum atomic E-state index is 0.506. The molecule has 4 atom stereocenters. The van der Waals surface area contributed by atoms with Crippen LogP contribution in [0.4, 0.5) is 0 Å². The molecule has 2 heteroatoms. The molecule has 0 spiro atoms. The highest BCUT2D eigenvalue weighted by molar-refractivity contribution is 5.26. The monoisotopic (exact) mass is 193 g/mol. The second-order valence-corrected chi connectivity index (χ2v) is 4.56. The molecule has 0 radical (unpaired) electrons. The summed E-state index contributed by atoms with van der Waals surface area (Å²) in [5.41, 5.74) is 6.83. The van der Waals surface area contributed by atoms with E-state index in [0.717, 1.165) is 23.3 Å². The Kier molecular flexibility index (Phi) is 2.30. The Bertz CT molecular complexity index is 293. The van der Waals surface area contributed by atoms with Crippen molar-refractivity contribution in [2.45, 2.75) is 20.3 Å². The van der Waals surface area contributed by atoms with Crippen LogP contribution in [0.5, 0.6) is 0 Å². The van der Waals surface area contributed by atoms with Gasteiger partial charge in [-0.3, -0.25) is 0 Å². The SMILES string of the molecule is COC1=C(N)C(C)C1CC1C=CC1C. The summed E-state index contributed by atoms with van der Waals surface area (Å²) in [7, 11) is 1.72. The average Bonchev–Trinajstić information content (AvgIpc) is 2.20. The quantitative estimate of drug-likeness (QED) is 0.698. The van der Waals surface area contributed by atoms with Gasteiger partial charge < -0.3 is 10.5 Å². The third kappa shape index (κ3) is 1.24. The highest BCUT2D eigenvalue weighted by Crippen LogP contribution is 2.44. The first-order valence-corrected chi connectivity index (χ1v) is 5.37. The lowest BCUT2D eigenvalue weighted by Crippen LogP contribution is -2.37. The van der Waals surface area contributed by atoms with Gasteiger partial charge in [-0.2, -0.15) is 0 Å². The van der Waals surface area contributed by atoms with Crippen LogP contribution in [0.1, 0.15) is 20.3 Å². The fraction of sp³-hybridized carbons (Fsp3) is 0.667. The lowest BCUT2D eigenvalue weighted by Gasteiger charge is -2.40. The zero-order valence-electron chi connectivity index (χ0n) is 9.16. The summed E-state index contributed by atoms with van der Waals surface area (Å²) in [6, 6.07) is 0. The first-order chi connectivity index (χ1) is 6.65. The fourth-order valence-electron chi connectivity index (χ4n) is 2.44. The predicted molar refractivity (Wildman–Crippen MR) is 57.3 cm³/mol. The number of hydrogen-bond donors (Lipinski definition) is 1. The van der Waals surface area contributed by atoms with Crippen LogP contribution >= 0.6 is 0 Å². The molecule has 2 N–H and O–H groups in total. The molecule has 4 unspecified atom stereocenters. The summed E-state index contributed by atoms with van der Waals surface area (Å²) < 4.78 is 5.32. The van der Waals surface area contributed by atoms with E-state index in [1.54, 1.807) is 7.11 Å². The average molecular weight is 193 g/mol. The van der Waals surface area contributed by atoms with E-state index in [2.05, 4.69) is 26.0 Å². The second kappa shape index (κ2) is 3.34. The van der Waals surface area contributed by atoms with E-state index in [4.69, 9.17) is 10.5 Å². The molecule has 0 aliphatic heterocycles. The number of hydrogen-bond acceptors (Lipinski definition) is 2. The van der Waals surface area contributed by atoms with Crippen LogP contribution in [0, 0.1) is 23.7 Å². The highest BCUT2D eigenvalue weighted by atomic mass is 16.5. The molecule has 2 nitrogen and oxygen atoms in total. The van der Waals surface area contributed by atoms with Crippen molar-refractivity contribution in [1.29, 1.82) is 0 Å². The lowest BCUT2D eigenvalue weighted by atomic mass is 9.68. The maximum absolute atomic E-state index is 5.87. The minimum Gasteiger partial charge on any atom is -0.499 e. The summed E-state index contributed by atoms with van der Waals surface area (Å²) in [5.74, 6) is 3.57. The molecule has 2 rings (SSSR count). The molecule has 0 amide bonds. The van der Waals surface area contributed by atoms with Crippen molar-refractivity contribution in [3.63, 3.8) is 0 Å². The standard InChI is InChI=1S/C12H19NO/c1-7-4-5-9(7)6-10-8(2)11(13)12(10)14-3/h4-5,7-10H,6,13H2,1-3H3. The normalized spacial score (nSPS) is 40.5. The van der Waals surface area contributed by atoms with Crippen LogP contribution in [0.25, 0.3) is 0 Å². The van der Waals surface area contributed by atoms with Gasteiger partial charge in [-0.25, -0.2) is 0 Å². The minimum absolute atomic E-state index is 0.506. The molecule has 2 aliphatic carbocycles.